The zero-order valence-electron chi connectivity index (χ0n) is 9.30. The van der Waals surface area contributed by atoms with Gasteiger partial charge in [-0.1, -0.05) is 12.1 Å². The lowest BCUT2D eigenvalue weighted by molar-refractivity contribution is -0.135. The minimum atomic E-state index is -3.11. The summed E-state index contributed by atoms with van der Waals surface area (Å²) in [6.45, 7) is 3.51. The van der Waals surface area contributed by atoms with Gasteiger partial charge in [-0.15, -0.1) is 0 Å². The number of carbonyl (C=O) groups excluding carboxylic acids is 1. The topological polar surface area (TPSA) is 82.0 Å². The molecule has 1 rings (SSSR count). The van der Waals surface area contributed by atoms with E-state index >= 15 is 0 Å². The number of hydrogen-bond acceptors (Lipinski definition) is 6. The van der Waals surface area contributed by atoms with Crippen molar-refractivity contribution in [1.82, 2.24) is 0 Å². The van der Waals surface area contributed by atoms with E-state index < -0.39 is 21.9 Å². The number of oxime groups is 1. The second kappa shape index (κ2) is 5.29. The summed E-state index contributed by atoms with van der Waals surface area (Å²) in [5.41, 5.74) is 0.151. The van der Waals surface area contributed by atoms with Crippen molar-refractivity contribution in [2.45, 2.75) is 26.4 Å². The van der Waals surface area contributed by atoms with Crippen LogP contribution in [0.3, 0.4) is 0 Å². The normalized spacial score (nSPS) is 20.1. The molecular weight excluding hydrogens is 234 g/mol. The molecule has 0 aromatic heterocycles. The molecule has 0 radical (unpaired) electrons. The lowest BCUT2D eigenvalue weighted by atomic mass is 10.2. The van der Waals surface area contributed by atoms with Gasteiger partial charge in [-0.05, 0) is 6.92 Å². The van der Waals surface area contributed by atoms with E-state index in [1.807, 2.05) is 0 Å². The second-order valence-electron chi connectivity index (χ2n) is 3.39. The Morgan fingerprint density at radius 3 is 2.81 bits per heavy atom. The predicted octanol–water partition coefficient (Wildman–Crippen LogP) is 0.129. The SMILES string of the molecule is CCOC(=O)C1=NOC(CS(=O)(=O)CC)C1. The molecule has 1 aliphatic heterocycles. The highest BCUT2D eigenvalue weighted by Crippen LogP contribution is 2.14. The highest BCUT2D eigenvalue weighted by Gasteiger charge is 2.30. The Hall–Kier alpha value is -1.11. The Kier molecular flexibility index (Phi) is 4.28. The average molecular weight is 249 g/mol. The smallest absolute Gasteiger partial charge is 0.356 e. The third-order valence-electron chi connectivity index (χ3n) is 2.12. The first-order valence-corrected chi connectivity index (χ1v) is 6.91. The van der Waals surface area contributed by atoms with Crippen molar-refractivity contribution in [2.24, 2.45) is 5.16 Å². The van der Waals surface area contributed by atoms with Crippen LogP contribution in [0.15, 0.2) is 5.16 Å². The number of hydrogen-bond donors (Lipinski definition) is 0. The summed E-state index contributed by atoms with van der Waals surface area (Å²) >= 11 is 0. The maximum Gasteiger partial charge on any atom is 0.356 e. The van der Waals surface area contributed by atoms with Crippen LogP contribution in [0.2, 0.25) is 0 Å². The van der Waals surface area contributed by atoms with E-state index in [4.69, 9.17) is 9.57 Å². The Balaban J connectivity index is 2.48. The van der Waals surface area contributed by atoms with E-state index in [0.717, 1.165) is 0 Å². The highest BCUT2D eigenvalue weighted by atomic mass is 32.2. The fourth-order valence-corrected chi connectivity index (χ4v) is 2.23. The first-order valence-electron chi connectivity index (χ1n) is 5.08. The molecule has 92 valence electrons. The van der Waals surface area contributed by atoms with Gasteiger partial charge in [0, 0.05) is 12.2 Å². The van der Waals surface area contributed by atoms with Crippen LogP contribution in [-0.2, 0) is 24.2 Å². The monoisotopic (exact) mass is 249 g/mol. The number of ether oxygens (including phenoxy) is 1. The van der Waals surface area contributed by atoms with Crippen LogP contribution in [0.4, 0.5) is 0 Å². The van der Waals surface area contributed by atoms with Crippen LogP contribution in [0.1, 0.15) is 20.3 Å². The molecule has 0 saturated heterocycles. The van der Waals surface area contributed by atoms with E-state index in [-0.39, 0.29) is 30.2 Å². The Labute approximate surface area is 94.5 Å². The van der Waals surface area contributed by atoms with Crippen molar-refractivity contribution in [3.8, 4) is 0 Å². The molecule has 1 atom stereocenters. The summed E-state index contributed by atoms with van der Waals surface area (Å²) in [6, 6.07) is 0. The Bertz CT molecular complexity index is 387. The fraction of sp³-hybridized carbons (Fsp3) is 0.778. The molecule has 1 heterocycles. The lowest BCUT2D eigenvalue weighted by Crippen LogP contribution is -2.24. The zero-order chi connectivity index (χ0) is 12.2. The molecule has 0 N–H and O–H groups in total. The third-order valence-corrected chi connectivity index (χ3v) is 3.88. The minimum absolute atomic E-state index is 0.0571. The zero-order valence-corrected chi connectivity index (χ0v) is 10.1. The first-order chi connectivity index (χ1) is 7.48. The van der Waals surface area contributed by atoms with Crippen molar-refractivity contribution >= 4 is 21.5 Å². The average Bonchev–Trinajstić information content (AvgIpc) is 2.66. The van der Waals surface area contributed by atoms with Gasteiger partial charge in [-0.25, -0.2) is 13.2 Å². The summed E-state index contributed by atoms with van der Waals surface area (Å²) in [7, 11) is -3.11. The summed E-state index contributed by atoms with van der Waals surface area (Å²) in [4.78, 5) is 16.1. The molecule has 0 aliphatic carbocycles. The molecule has 0 aromatic carbocycles. The molecule has 1 aliphatic rings. The third kappa shape index (κ3) is 3.48. The molecule has 6 nitrogen and oxygen atoms in total. The minimum Gasteiger partial charge on any atom is -0.461 e. The largest absolute Gasteiger partial charge is 0.461 e. The molecule has 1 unspecified atom stereocenters. The number of sulfone groups is 1. The van der Waals surface area contributed by atoms with Crippen molar-refractivity contribution < 1.29 is 22.8 Å². The maximum atomic E-state index is 11.3. The van der Waals surface area contributed by atoms with Crippen LogP contribution in [0, 0.1) is 0 Å². The number of rotatable bonds is 5. The van der Waals surface area contributed by atoms with E-state index in [1.54, 1.807) is 13.8 Å². The van der Waals surface area contributed by atoms with E-state index in [9.17, 15) is 13.2 Å². The summed E-state index contributed by atoms with van der Waals surface area (Å²) in [5, 5.41) is 3.53. The van der Waals surface area contributed by atoms with Gasteiger partial charge in [-0.2, -0.15) is 0 Å². The molecule has 0 amide bonds. The maximum absolute atomic E-state index is 11.3. The standard InChI is InChI=1S/C9H15NO5S/c1-3-14-9(11)8-5-7(15-10-8)6-16(12,13)4-2/h7H,3-6H2,1-2H3. The molecule has 0 aromatic rings. The molecule has 16 heavy (non-hydrogen) atoms. The Morgan fingerprint density at radius 1 is 1.56 bits per heavy atom. The number of carbonyl (C=O) groups is 1. The lowest BCUT2D eigenvalue weighted by Gasteiger charge is -2.06. The van der Waals surface area contributed by atoms with E-state index in [0.29, 0.717) is 0 Å². The van der Waals surface area contributed by atoms with Crippen LogP contribution in [0.25, 0.3) is 0 Å². The molecule has 0 saturated carbocycles. The van der Waals surface area contributed by atoms with E-state index in [2.05, 4.69) is 5.16 Å². The van der Waals surface area contributed by atoms with Gasteiger partial charge in [0.25, 0.3) is 0 Å². The molecule has 0 bridgehead atoms. The van der Waals surface area contributed by atoms with Crippen LogP contribution >= 0.6 is 0 Å². The van der Waals surface area contributed by atoms with Gasteiger partial charge < -0.3 is 9.57 Å². The van der Waals surface area contributed by atoms with Gasteiger partial charge in [0.1, 0.15) is 6.10 Å². The predicted molar refractivity (Wildman–Crippen MR) is 57.9 cm³/mol. The highest BCUT2D eigenvalue weighted by molar-refractivity contribution is 7.91. The molecule has 7 heteroatoms. The van der Waals surface area contributed by atoms with Crippen molar-refractivity contribution in [2.75, 3.05) is 18.1 Å². The number of nitrogens with zero attached hydrogens (tertiary/aromatic N) is 1. The fourth-order valence-electron chi connectivity index (χ4n) is 1.25. The van der Waals surface area contributed by atoms with Crippen molar-refractivity contribution in [3.63, 3.8) is 0 Å². The second-order valence-corrected chi connectivity index (χ2v) is 5.79. The molecule has 0 spiro atoms. The Morgan fingerprint density at radius 2 is 2.25 bits per heavy atom. The molecular formula is C9H15NO5S. The van der Waals surface area contributed by atoms with Crippen molar-refractivity contribution in [1.29, 1.82) is 0 Å². The van der Waals surface area contributed by atoms with E-state index in [1.165, 1.54) is 0 Å². The quantitative estimate of drug-likeness (QED) is 0.647. The van der Waals surface area contributed by atoms with Gasteiger partial charge in [0.15, 0.2) is 15.5 Å². The van der Waals surface area contributed by atoms with Gasteiger partial charge in [-0.3, -0.25) is 0 Å². The van der Waals surface area contributed by atoms with Gasteiger partial charge in [0.2, 0.25) is 0 Å². The van der Waals surface area contributed by atoms with Crippen LogP contribution in [-0.4, -0.2) is 44.3 Å². The van der Waals surface area contributed by atoms with Gasteiger partial charge in [0.05, 0.1) is 12.4 Å². The van der Waals surface area contributed by atoms with Crippen molar-refractivity contribution in [3.05, 3.63) is 0 Å². The van der Waals surface area contributed by atoms with Crippen LogP contribution in [0.5, 0.6) is 0 Å². The summed E-state index contributed by atoms with van der Waals surface area (Å²) < 4.78 is 27.4. The number of esters is 1. The molecule has 0 fully saturated rings. The van der Waals surface area contributed by atoms with Gasteiger partial charge >= 0.3 is 5.97 Å². The summed E-state index contributed by atoms with van der Waals surface area (Å²) in [5.74, 6) is -0.601. The first kappa shape index (κ1) is 13.0. The van der Waals surface area contributed by atoms with Crippen LogP contribution < -0.4 is 0 Å². The summed E-state index contributed by atoms with van der Waals surface area (Å²) in [6.07, 6.45) is -0.373.